The standard InChI is InChI=1S/C20H23BrN2O3/c1-12-10-15(21)11-13(2)18(12)26-14(3)19(24)22-17-9-7-6-8-16(17)20(25)23(4)5/h6-11,14H,1-5H3,(H,22,24). The number of hydrogen-bond donors (Lipinski definition) is 1. The van der Waals surface area contributed by atoms with Gasteiger partial charge < -0.3 is 15.0 Å². The fraction of sp³-hybridized carbons (Fsp3) is 0.300. The Hall–Kier alpha value is -2.34. The first-order valence-electron chi connectivity index (χ1n) is 8.25. The van der Waals surface area contributed by atoms with Gasteiger partial charge in [-0.15, -0.1) is 0 Å². The largest absolute Gasteiger partial charge is 0.480 e. The Balaban J connectivity index is 2.17. The number of carbonyl (C=O) groups is 2. The summed E-state index contributed by atoms with van der Waals surface area (Å²) >= 11 is 3.45. The summed E-state index contributed by atoms with van der Waals surface area (Å²) in [6, 6.07) is 10.8. The van der Waals surface area contributed by atoms with Gasteiger partial charge in [0.25, 0.3) is 11.8 Å². The molecule has 0 saturated heterocycles. The van der Waals surface area contributed by atoms with Gasteiger partial charge in [-0.3, -0.25) is 9.59 Å². The van der Waals surface area contributed by atoms with Crippen molar-refractivity contribution in [2.75, 3.05) is 19.4 Å². The number of halogens is 1. The molecule has 2 aromatic rings. The Bertz CT molecular complexity index is 811. The molecule has 0 heterocycles. The minimum atomic E-state index is -0.712. The van der Waals surface area contributed by atoms with Gasteiger partial charge in [-0.2, -0.15) is 0 Å². The van der Waals surface area contributed by atoms with E-state index >= 15 is 0 Å². The molecule has 0 fully saturated rings. The molecule has 2 rings (SSSR count). The van der Waals surface area contributed by atoms with E-state index in [9.17, 15) is 9.59 Å². The average molecular weight is 419 g/mol. The number of aryl methyl sites for hydroxylation is 2. The fourth-order valence-corrected chi connectivity index (χ4v) is 3.25. The first kappa shape index (κ1) is 20.0. The van der Waals surface area contributed by atoms with E-state index in [1.54, 1.807) is 45.3 Å². The van der Waals surface area contributed by atoms with Gasteiger partial charge >= 0.3 is 0 Å². The summed E-state index contributed by atoms with van der Waals surface area (Å²) in [6.45, 7) is 5.55. The third kappa shape index (κ3) is 4.64. The summed E-state index contributed by atoms with van der Waals surface area (Å²) < 4.78 is 6.85. The molecule has 0 bridgehead atoms. The fourth-order valence-electron chi connectivity index (χ4n) is 2.57. The van der Waals surface area contributed by atoms with Gasteiger partial charge in [0.15, 0.2) is 6.10 Å². The van der Waals surface area contributed by atoms with Gasteiger partial charge in [-0.1, -0.05) is 28.1 Å². The molecule has 0 aromatic heterocycles. The Morgan fingerprint density at radius 3 is 2.27 bits per heavy atom. The number of nitrogens with one attached hydrogen (secondary N) is 1. The van der Waals surface area contributed by atoms with Crippen LogP contribution in [0, 0.1) is 13.8 Å². The van der Waals surface area contributed by atoms with Crippen LogP contribution < -0.4 is 10.1 Å². The van der Waals surface area contributed by atoms with Crippen LogP contribution >= 0.6 is 15.9 Å². The molecular formula is C20H23BrN2O3. The Morgan fingerprint density at radius 2 is 1.69 bits per heavy atom. The third-order valence-electron chi connectivity index (χ3n) is 3.91. The molecule has 26 heavy (non-hydrogen) atoms. The summed E-state index contributed by atoms with van der Waals surface area (Å²) in [4.78, 5) is 26.3. The van der Waals surface area contributed by atoms with Gasteiger partial charge in [-0.25, -0.2) is 0 Å². The van der Waals surface area contributed by atoms with E-state index < -0.39 is 6.10 Å². The van der Waals surface area contributed by atoms with Crippen molar-refractivity contribution in [3.8, 4) is 5.75 Å². The summed E-state index contributed by atoms with van der Waals surface area (Å²) in [5, 5.41) is 2.80. The molecule has 6 heteroatoms. The smallest absolute Gasteiger partial charge is 0.265 e. The number of para-hydroxylation sites is 1. The van der Waals surface area contributed by atoms with Crippen LogP contribution in [0.2, 0.25) is 0 Å². The van der Waals surface area contributed by atoms with Gasteiger partial charge in [0, 0.05) is 18.6 Å². The minimum absolute atomic E-state index is 0.172. The van der Waals surface area contributed by atoms with Gasteiger partial charge in [0.1, 0.15) is 5.75 Å². The molecule has 5 nitrogen and oxygen atoms in total. The molecule has 1 N–H and O–H groups in total. The maximum atomic E-state index is 12.6. The second-order valence-corrected chi connectivity index (χ2v) is 7.28. The van der Waals surface area contributed by atoms with E-state index in [0.29, 0.717) is 17.0 Å². The van der Waals surface area contributed by atoms with Crippen LogP contribution in [0.15, 0.2) is 40.9 Å². The zero-order valence-electron chi connectivity index (χ0n) is 15.6. The number of nitrogens with zero attached hydrogens (tertiary/aromatic N) is 1. The van der Waals surface area contributed by atoms with Gasteiger partial charge in [0.2, 0.25) is 0 Å². The van der Waals surface area contributed by atoms with Crippen LogP contribution in [0.3, 0.4) is 0 Å². The molecule has 0 spiro atoms. The molecular weight excluding hydrogens is 396 g/mol. The molecule has 138 valence electrons. The third-order valence-corrected chi connectivity index (χ3v) is 4.37. The van der Waals surface area contributed by atoms with Crippen LogP contribution in [0.25, 0.3) is 0 Å². The highest BCUT2D eigenvalue weighted by Gasteiger charge is 2.20. The van der Waals surface area contributed by atoms with E-state index in [1.165, 1.54) is 4.90 Å². The summed E-state index contributed by atoms with van der Waals surface area (Å²) in [6.07, 6.45) is -0.712. The SMILES string of the molecule is Cc1cc(Br)cc(C)c1OC(C)C(=O)Nc1ccccc1C(=O)N(C)C. The van der Waals surface area contributed by atoms with Crippen molar-refractivity contribution in [3.05, 3.63) is 57.6 Å². The molecule has 2 amide bonds. The van der Waals surface area contributed by atoms with Crippen molar-refractivity contribution >= 4 is 33.4 Å². The first-order valence-corrected chi connectivity index (χ1v) is 9.05. The highest BCUT2D eigenvalue weighted by atomic mass is 79.9. The van der Waals surface area contributed by atoms with Gasteiger partial charge in [0.05, 0.1) is 11.3 Å². The van der Waals surface area contributed by atoms with Crippen LogP contribution in [-0.2, 0) is 4.79 Å². The van der Waals surface area contributed by atoms with Crippen molar-refractivity contribution in [1.82, 2.24) is 4.90 Å². The normalized spacial score (nSPS) is 11.6. The highest BCUT2D eigenvalue weighted by Crippen LogP contribution is 2.28. The number of carbonyl (C=O) groups excluding carboxylic acids is 2. The Kier molecular flexibility index (Phi) is 6.42. The monoisotopic (exact) mass is 418 g/mol. The number of hydrogen-bond acceptors (Lipinski definition) is 3. The Morgan fingerprint density at radius 1 is 1.12 bits per heavy atom. The highest BCUT2D eigenvalue weighted by molar-refractivity contribution is 9.10. The number of anilines is 1. The lowest BCUT2D eigenvalue weighted by Crippen LogP contribution is -2.32. The maximum Gasteiger partial charge on any atom is 0.265 e. The molecule has 1 unspecified atom stereocenters. The second-order valence-electron chi connectivity index (χ2n) is 6.36. The number of benzene rings is 2. The van der Waals surface area contributed by atoms with Crippen molar-refractivity contribution in [3.63, 3.8) is 0 Å². The van der Waals surface area contributed by atoms with E-state index in [1.807, 2.05) is 26.0 Å². The zero-order chi connectivity index (χ0) is 19.4. The predicted octanol–water partition coefficient (Wildman–Crippen LogP) is 4.17. The second kappa shape index (κ2) is 8.36. The summed E-state index contributed by atoms with van der Waals surface area (Å²) in [7, 11) is 3.34. The van der Waals surface area contributed by atoms with Gasteiger partial charge in [-0.05, 0) is 56.2 Å². The summed E-state index contributed by atoms with van der Waals surface area (Å²) in [5.41, 5.74) is 2.80. The maximum absolute atomic E-state index is 12.6. The van der Waals surface area contributed by atoms with E-state index in [0.717, 1.165) is 15.6 Å². The van der Waals surface area contributed by atoms with E-state index in [-0.39, 0.29) is 11.8 Å². The van der Waals surface area contributed by atoms with E-state index in [4.69, 9.17) is 4.74 Å². The molecule has 2 aromatic carbocycles. The predicted molar refractivity (Wildman–Crippen MR) is 107 cm³/mol. The zero-order valence-corrected chi connectivity index (χ0v) is 17.2. The topological polar surface area (TPSA) is 58.6 Å². The average Bonchev–Trinajstić information content (AvgIpc) is 2.57. The quantitative estimate of drug-likeness (QED) is 0.792. The number of rotatable bonds is 5. The van der Waals surface area contributed by atoms with Crippen LogP contribution in [0.5, 0.6) is 5.75 Å². The lowest BCUT2D eigenvalue weighted by Gasteiger charge is -2.20. The Labute approximate surface area is 162 Å². The van der Waals surface area contributed by atoms with Crippen molar-refractivity contribution in [2.24, 2.45) is 0 Å². The molecule has 0 aliphatic rings. The number of ether oxygens (including phenoxy) is 1. The van der Waals surface area contributed by atoms with Crippen molar-refractivity contribution < 1.29 is 14.3 Å². The van der Waals surface area contributed by atoms with Crippen LogP contribution in [-0.4, -0.2) is 36.9 Å². The molecule has 0 saturated carbocycles. The lowest BCUT2D eigenvalue weighted by molar-refractivity contribution is -0.122. The minimum Gasteiger partial charge on any atom is -0.480 e. The molecule has 0 radical (unpaired) electrons. The van der Waals surface area contributed by atoms with Crippen molar-refractivity contribution in [2.45, 2.75) is 26.9 Å². The van der Waals surface area contributed by atoms with Crippen LogP contribution in [0.4, 0.5) is 5.69 Å². The first-order chi connectivity index (χ1) is 12.2. The lowest BCUT2D eigenvalue weighted by atomic mass is 10.1. The molecule has 0 aliphatic carbocycles. The van der Waals surface area contributed by atoms with E-state index in [2.05, 4.69) is 21.2 Å². The number of amides is 2. The molecule has 0 aliphatic heterocycles. The van der Waals surface area contributed by atoms with Crippen molar-refractivity contribution in [1.29, 1.82) is 0 Å². The molecule has 1 atom stereocenters. The van der Waals surface area contributed by atoms with Crippen LogP contribution in [0.1, 0.15) is 28.4 Å². The summed E-state index contributed by atoms with van der Waals surface area (Å²) in [5.74, 6) is 0.202.